The maximum atomic E-state index is 12.3. The average molecular weight is 397 g/mol. The maximum Gasteiger partial charge on any atom is 0.242 e. The highest BCUT2D eigenvalue weighted by atomic mass is 79.9. The molecule has 0 radical (unpaired) electrons. The summed E-state index contributed by atoms with van der Waals surface area (Å²) in [5, 5.41) is 0.223. The Labute approximate surface area is 141 Å². The summed E-state index contributed by atoms with van der Waals surface area (Å²) in [6.07, 6.45) is 4.45. The number of hydrogen-bond acceptors (Lipinski definition) is 2. The molecular formula is C15H23BrClNO2S. The van der Waals surface area contributed by atoms with Crippen molar-refractivity contribution in [2.45, 2.75) is 51.3 Å². The van der Waals surface area contributed by atoms with Gasteiger partial charge in [0.1, 0.15) is 4.90 Å². The van der Waals surface area contributed by atoms with E-state index in [2.05, 4.69) is 41.4 Å². The Bertz CT molecular complexity index is 573. The van der Waals surface area contributed by atoms with Gasteiger partial charge in [0.05, 0.1) is 5.02 Å². The lowest BCUT2D eigenvalue weighted by Crippen LogP contribution is -2.34. The van der Waals surface area contributed by atoms with Gasteiger partial charge in [-0.2, -0.15) is 0 Å². The molecule has 0 aliphatic heterocycles. The second-order valence-electron chi connectivity index (χ2n) is 6.02. The van der Waals surface area contributed by atoms with Gasteiger partial charge in [0, 0.05) is 11.0 Å². The van der Waals surface area contributed by atoms with Gasteiger partial charge in [-0.1, -0.05) is 67.6 Å². The van der Waals surface area contributed by atoms with Crippen molar-refractivity contribution in [1.82, 2.24) is 4.72 Å². The molecule has 0 aromatic heterocycles. The van der Waals surface area contributed by atoms with Gasteiger partial charge in [0.15, 0.2) is 0 Å². The predicted molar refractivity (Wildman–Crippen MR) is 92.3 cm³/mol. The Morgan fingerprint density at radius 1 is 1.29 bits per heavy atom. The van der Waals surface area contributed by atoms with Gasteiger partial charge < -0.3 is 0 Å². The molecule has 0 fully saturated rings. The number of benzene rings is 1. The van der Waals surface area contributed by atoms with Crippen molar-refractivity contribution in [3.05, 3.63) is 27.7 Å². The van der Waals surface area contributed by atoms with Gasteiger partial charge in [0.2, 0.25) is 10.0 Å². The summed E-state index contributed by atoms with van der Waals surface area (Å²) in [6.45, 7) is 6.72. The van der Waals surface area contributed by atoms with Crippen LogP contribution in [0, 0.1) is 5.41 Å². The van der Waals surface area contributed by atoms with E-state index in [4.69, 9.17) is 11.6 Å². The standard InChI is InChI=1S/C15H23BrClNO2S/c1-4-5-6-9-15(2,3)11-18-21(19,20)14-8-7-12(16)10-13(14)17/h7-8,10,18H,4-6,9,11H2,1-3H3. The predicted octanol–water partition coefficient (Wildman–Crippen LogP) is 4.99. The maximum absolute atomic E-state index is 12.3. The molecule has 1 rings (SSSR count). The highest BCUT2D eigenvalue weighted by Crippen LogP contribution is 2.27. The Balaban J connectivity index is 2.72. The normalized spacial score (nSPS) is 12.6. The van der Waals surface area contributed by atoms with E-state index in [0.717, 1.165) is 23.7 Å². The fourth-order valence-electron chi connectivity index (χ4n) is 2.00. The van der Waals surface area contributed by atoms with Gasteiger partial charge in [-0.05, 0) is 30.0 Å². The van der Waals surface area contributed by atoms with Crippen LogP contribution in [0.25, 0.3) is 0 Å². The molecule has 0 atom stereocenters. The monoisotopic (exact) mass is 395 g/mol. The first-order valence-electron chi connectivity index (χ1n) is 7.13. The van der Waals surface area contributed by atoms with Crippen LogP contribution in [0.15, 0.2) is 27.6 Å². The fourth-order valence-corrected chi connectivity index (χ4v) is 4.28. The molecule has 0 aliphatic rings. The van der Waals surface area contributed by atoms with Crippen molar-refractivity contribution in [3.63, 3.8) is 0 Å². The first-order chi connectivity index (χ1) is 9.68. The lowest BCUT2D eigenvalue weighted by molar-refractivity contribution is 0.320. The molecule has 1 N–H and O–H groups in total. The minimum Gasteiger partial charge on any atom is -0.211 e. The van der Waals surface area contributed by atoms with Crippen molar-refractivity contribution >= 4 is 37.6 Å². The van der Waals surface area contributed by atoms with E-state index < -0.39 is 10.0 Å². The van der Waals surface area contributed by atoms with Crippen LogP contribution in [-0.4, -0.2) is 15.0 Å². The molecule has 3 nitrogen and oxygen atoms in total. The summed E-state index contributed by atoms with van der Waals surface area (Å²) in [6, 6.07) is 4.77. The molecule has 0 saturated carbocycles. The third-order valence-electron chi connectivity index (χ3n) is 3.38. The minimum absolute atomic E-state index is 0.0654. The quantitative estimate of drug-likeness (QED) is 0.629. The third-order valence-corrected chi connectivity index (χ3v) is 5.76. The highest BCUT2D eigenvalue weighted by molar-refractivity contribution is 9.10. The van der Waals surface area contributed by atoms with E-state index in [9.17, 15) is 8.42 Å². The zero-order chi connectivity index (χ0) is 16.1. The highest BCUT2D eigenvalue weighted by Gasteiger charge is 2.23. The summed E-state index contributed by atoms with van der Waals surface area (Å²) in [4.78, 5) is 0.122. The van der Waals surface area contributed by atoms with E-state index in [1.165, 1.54) is 12.5 Å². The van der Waals surface area contributed by atoms with Gasteiger partial charge in [-0.25, -0.2) is 13.1 Å². The molecule has 120 valence electrons. The van der Waals surface area contributed by atoms with E-state index in [0.29, 0.717) is 6.54 Å². The van der Waals surface area contributed by atoms with Gasteiger partial charge in [-0.15, -0.1) is 0 Å². The lowest BCUT2D eigenvalue weighted by Gasteiger charge is -2.25. The van der Waals surface area contributed by atoms with Crippen molar-refractivity contribution in [2.24, 2.45) is 5.41 Å². The number of nitrogens with one attached hydrogen (secondary N) is 1. The summed E-state index contributed by atoms with van der Waals surface area (Å²) in [7, 11) is -3.57. The number of hydrogen-bond donors (Lipinski definition) is 1. The minimum atomic E-state index is -3.57. The average Bonchev–Trinajstić information content (AvgIpc) is 2.36. The van der Waals surface area contributed by atoms with E-state index >= 15 is 0 Å². The first-order valence-corrected chi connectivity index (χ1v) is 9.78. The summed E-state index contributed by atoms with van der Waals surface area (Å²) in [5.74, 6) is 0. The van der Waals surface area contributed by atoms with Gasteiger partial charge in [-0.3, -0.25) is 0 Å². The zero-order valence-electron chi connectivity index (χ0n) is 12.7. The molecule has 6 heteroatoms. The number of unbranched alkanes of at least 4 members (excludes halogenated alkanes) is 2. The number of rotatable bonds is 8. The molecule has 21 heavy (non-hydrogen) atoms. The molecule has 0 aliphatic carbocycles. The van der Waals surface area contributed by atoms with E-state index in [1.807, 2.05) is 0 Å². The SMILES string of the molecule is CCCCCC(C)(C)CNS(=O)(=O)c1ccc(Br)cc1Cl. The molecule has 0 saturated heterocycles. The summed E-state index contributed by atoms with van der Waals surface area (Å²) < 4.78 is 28.1. The molecule has 0 spiro atoms. The Hall–Kier alpha value is -0.100. The number of sulfonamides is 1. The first kappa shape index (κ1) is 18.9. The summed E-state index contributed by atoms with van der Waals surface area (Å²) in [5.41, 5.74) is -0.0654. The fraction of sp³-hybridized carbons (Fsp3) is 0.600. The Morgan fingerprint density at radius 2 is 1.95 bits per heavy atom. The van der Waals surface area contributed by atoms with Crippen molar-refractivity contribution in [3.8, 4) is 0 Å². The van der Waals surface area contributed by atoms with E-state index in [1.54, 1.807) is 12.1 Å². The topological polar surface area (TPSA) is 46.2 Å². The Morgan fingerprint density at radius 3 is 2.52 bits per heavy atom. The molecule has 1 aromatic carbocycles. The van der Waals surface area contributed by atoms with Crippen LogP contribution in [-0.2, 0) is 10.0 Å². The molecule has 1 aromatic rings. The van der Waals surface area contributed by atoms with Crippen molar-refractivity contribution < 1.29 is 8.42 Å². The Kier molecular flexibility index (Phi) is 7.17. The van der Waals surface area contributed by atoms with Crippen LogP contribution in [0.5, 0.6) is 0 Å². The van der Waals surface area contributed by atoms with Crippen LogP contribution in [0.1, 0.15) is 46.5 Å². The second-order valence-corrected chi connectivity index (χ2v) is 9.08. The van der Waals surface area contributed by atoms with Crippen molar-refractivity contribution in [2.75, 3.05) is 6.54 Å². The largest absolute Gasteiger partial charge is 0.242 e. The smallest absolute Gasteiger partial charge is 0.211 e. The van der Waals surface area contributed by atoms with Gasteiger partial charge in [0.25, 0.3) is 0 Å². The molecular weight excluding hydrogens is 374 g/mol. The molecule has 0 amide bonds. The molecule has 0 unspecified atom stereocenters. The third kappa shape index (κ3) is 6.27. The molecule has 0 heterocycles. The van der Waals surface area contributed by atoms with Crippen LogP contribution in [0.4, 0.5) is 0 Å². The second kappa shape index (κ2) is 7.95. The number of halogens is 2. The molecule has 0 bridgehead atoms. The summed E-state index contributed by atoms with van der Waals surface area (Å²) >= 11 is 9.29. The van der Waals surface area contributed by atoms with Crippen molar-refractivity contribution in [1.29, 1.82) is 0 Å². The van der Waals surface area contributed by atoms with Crippen LogP contribution in [0.2, 0.25) is 5.02 Å². The van der Waals surface area contributed by atoms with Crippen LogP contribution >= 0.6 is 27.5 Å². The lowest BCUT2D eigenvalue weighted by atomic mass is 9.87. The van der Waals surface area contributed by atoms with Gasteiger partial charge >= 0.3 is 0 Å². The van der Waals surface area contributed by atoms with Crippen LogP contribution < -0.4 is 4.72 Å². The zero-order valence-corrected chi connectivity index (χ0v) is 15.9. The van der Waals surface area contributed by atoms with Crippen LogP contribution in [0.3, 0.4) is 0 Å². The van der Waals surface area contributed by atoms with E-state index in [-0.39, 0.29) is 15.3 Å².